The van der Waals surface area contributed by atoms with Crippen LogP contribution in [-0.4, -0.2) is 34.7 Å². The maximum absolute atomic E-state index is 11.5. The number of halogens is 4. The SMILES string of the molecule is CCCCCCCCN1/C(=C/C=C/c2n(CCCCCCCC)c3cc(Cl)c(Cl)cc3[n+]2CCCC(=O)O)N(CCCC(=O)[O-])c2cc(Cl)c(Cl)cc21. The lowest BCUT2D eigenvalue weighted by atomic mass is 10.1. The summed E-state index contributed by atoms with van der Waals surface area (Å²) in [6, 6.07) is 7.53. The molecular formula is C41H54Cl4N4O4. The molecule has 1 aliphatic heterocycles. The summed E-state index contributed by atoms with van der Waals surface area (Å²) < 4.78 is 4.41. The minimum absolute atomic E-state index is 0.0449. The Morgan fingerprint density at radius 1 is 0.698 bits per heavy atom. The van der Waals surface area contributed by atoms with E-state index >= 15 is 0 Å². The molecule has 0 fully saturated rings. The van der Waals surface area contributed by atoms with Crippen LogP contribution in [0.4, 0.5) is 11.4 Å². The van der Waals surface area contributed by atoms with Crippen LogP contribution in [0.3, 0.4) is 0 Å². The highest BCUT2D eigenvalue weighted by Crippen LogP contribution is 2.46. The fraction of sp³-hybridized carbons (Fsp3) is 0.537. The first kappa shape index (κ1) is 42.8. The van der Waals surface area contributed by atoms with Crippen molar-refractivity contribution in [2.24, 2.45) is 0 Å². The van der Waals surface area contributed by atoms with Crippen LogP contribution >= 0.6 is 46.4 Å². The van der Waals surface area contributed by atoms with Crippen molar-refractivity contribution in [3.8, 4) is 0 Å². The van der Waals surface area contributed by atoms with Crippen molar-refractivity contribution in [3.63, 3.8) is 0 Å². The van der Waals surface area contributed by atoms with Gasteiger partial charge in [0.1, 0.15) is 5.82 Å². The largest absolute Gasteiger partial charge is 0.550 e. The van der Waals surface area contributed by atoms with Crippen LogP contribution in [0.5, 0.6) is 0 Å². The molecule has 0 radical (unpaired) electrons. The quantitative estimate of drug-likeness (QED) is 0.0716. The molecule has 0 saturated heterocycles. The number of carboxylic acids is 2. The second kappa shape index (κ2) is 21.8. The molecular weight excluding hydrogens is 754 g/mol. The van der Waals surface area contributed by atoms with E-state index in [0.717, 1.165) is 72.8 Å². The third-order valence-electron chi connectivity index (χ3n) is 9.80. The number of carboxylic acid groups (broad SMARTS) is 2. The lowest BCUT2D eigenvalue weighted by molar-refractivity contribution is -0.674. The number of aromatic nitrogens is 2. The number of hydrogen-bond donors (Lipinski definition) is 1. The summed E-state index contributed by atoms with van der Waals surface area (Å²) in [5, 5.41) is 22.7. The van der Waals surface area contributed by atoms with Gasteiger partial charge in [-0.15, -0.1) is 0 Å². The van der Waals surface area contributed by atoms with Gasteiger partial charge in [0.05, 0.1) is 44.6 Å². The Hall–Kier alpha value is -2.91. The van der Waals surface area contributed by atoms with Crippen LogP contribution in [0, 0.1) is 0 Å². The van der Waals surface area contributed by atoms with E-state index in [1.54, 1.807) is 0 Å². The van der Waals surface area contributed by atoms with Crippen LogP contribution in [0.1, 0.15) is 122 Å². The Labute approximate surface area is 334 Å². The number of fused-ring (bicyclic) bond motifs is 2. The lowest BCUT2D eigenvalue weighted by Crippen LogP contribution is -2.37. The Kier molecular flexibility index (Phi) is 17.7. The number of carbonyl (C=O) groups is 2. The zero-order chi connectivity index (χ0) is 38.3. The van der Waals surface area contributed by atoms with E-state index in [2.05, 4.69) is 44.9 Å². The van der Waals surface area contributed by atoms with Gasteiger partial charge in [0, 0.05) is 43.7 Å². The monoisotopic (exact) mass is 806 g/mol. The average molecular weight is 809 g/mol. The van der Waals surface area contributed by atoms with Crippen molar-refractivity contribution in [2.75, 3.05) is 22.9 Å². The summed E-state index contributed by atoms with van der Waals surface area (Å²) in [4.78, 5) is 27.3. The van der Waals surface area contributed by atoms with E-state index < -0.39 is 11.9 Å². The van der Waals surface area contributed by atoms with Crippen molar-refractivity contribution in [2.45, 2.75) is 130 Å². The third kappa shape index (κ3) is 12.0. The van der Waals surface area contributed by atoms with Crippen molar-refractivity contribution in [1.82, 2.24) is 4.57 Å². The predicted molar refractivity (Wildman–Crippen MR) is 218 cm³/mol. The first-order valence-corrected chi connectivity index (χ1v) is 20.8. The number of anilines is 2. The number of nitrogens with zero attached hydrogens (tertiary/aromatic N) is 4. The summed E-state index contributed by atoms with van der Waals surface area (Å²) >= 11 is 26.3. The highest BCUT2D eigenvalue weighted by atomic mass is 35.5. The van der Waals surface area contributed by atoms with E-state index in [-0.39, 0.29) is 12.8 Å². The van der Waals surface area contributed by atoms with Gasteiger partial charge in [-0.1, -0.05) is 124 Å². The molecule has 2 heterocycles. The van der Waals surface area contributed by atoms with Crippen molar-refractivity contribution in [1.29, 1.82) is 0 Å². The molecule has 0 atom stereocenters. The molecule has 0 amide bonds. The summed E-state index contributed by atoms with van der Waals surface area (Å²) in [5.41, 5.74) is 3.66. The van der Waals surface area contributed by atoms with Crippen molar-refractivity contribution >= 4 is 86.8 Å². The van der Waals surface area contributed by atoms with Crippen LogP contribution in [-0.2, 0) is 22.7 Å². The molecule has 1 aromatic heterocycles. The highest BCUT2D eigenvalue weighted by Gasteiger charge is 2.32. The van der Waals surface area contributed by atoms with E-state index in [0.29, 0.717) is 46.0 Å². The van der Waals surface area contributed by atoms with E-state index in [4.69, 9.17) is 46.4 Å². The molecule has 2 aromatic carbocycles. The first-order chi connectivity index (χ1) is 25.6. The summed E-state index contributed by atoms with van der Waals surface area (Å²) in [5.74, 6) is -0.0985. The maximum Gasteiger partial charge on any atom is 0.303 e. The third-order valence-corrected chi connectivity index (χ3v) is 11.2. The van der Waals surface area contributed by atoms with E-state index in [9.17, 15) is 19.8 Å². The first-order valence-electron chi connectivity index (χ1n) is 19.3. The molecule has 4 rings (SSSR count). The number of hydrogen-bond acceptors (Lipinski definition) is 5. The number of carbonyl (C=O) groups excluding carboxylic acids is 1. The summed E-state index contributed by atoms with van der Waals surface area (Å²) in [6.07, 6.45) is 20.8. The van der Waals surface area contributed by atoms with Crippen LogP contribution in [0.15, 0.2) is 42.2 Å². The average Bonchev–Trinajstić information content (AvgIpc) is 3.54. The topological polar surface area (TPSA) is 92.7 Å². The Morgan fingerprint density at radius 3 is 1.81 bits per heavy atom. The number of aryl methyl sites for hydroxylation is 2. The van der Waals surface area contributed by atoms with Gasteiger partial charge in [-0.25, -0.2) is 9.13 Å². The summed E-state index contributed by atoms with van der Waals surface area (Å²) in [7, 11) is 0. The molecule has 1 aliphatic rings. The molecule has 0 unspecified atom stereocenters. The second-order valence-corrected chi connectivity index (χ2v) is 15.5. The van der Waals surface area contributed by atoms with Crippen molar-refractivity contribution < 1.29 is 24.4 Å². The van der Waals surface area contributed by atoms with Gasteiger partial charge in [-0.2, -0.15) is 0 Å². The van der Waals surface area contributed by atoms with Gasteiger partial charge < -0.3 is 24.8 Å². The minimum Gasteiger partial charge on any atom is -0.550 e. The van der Waals surface area contributed by atoms with Crippen LogP contribution < -0.4 is 19.5 Å². The smallest absolute Gasteiger partial charge is 0.303 e. The van der Waals surface area contributed by atoms with Gasteiger partial charge in [0.25, 0.3) is 5.82 Å². The van der Waals surface area contributed by atoms with Crippen molar-refractivity contribution in [3.05, 3.63) is 68.2 Å². The van der Waals surface area contributed by atoms with E-state index in [1.165, 1.54) is 51.4 Å². The second-order valence-electron chi connectivity index (χ2n) is 13.9. The molecule has 290 valence electrons. The fourth-order valence-corrected chi connectivity index (χ4v) is 7.72. The Bertz CT molecular complexity index is 1760. The molecule has 0 bridgehead atoms. The minimum atomic E-state index is -1.08. The number of allylic oxidation sites excluding steroid dienone is 2. The normalized spacial score (nSPS) is 13.7. The van der Waals surface area contributed by atoms with Gasteiger partial charge in [-0.05, 0) is 56.7 Å². The zero-order valence-corrected chi connectivity index (χ0v) is 34.2. The molecule has 12 heteroatoms. The van der Waals surface area contributed by atoms with Gasteiger partial charge in [0.15, 0.2) is 11.0 Å². The molecule has 1 N–H and O–H groups in total. The number of aliphatic carboxylic acids is 2. The number of imidazole rings is 1. The molecule has 8 nitrogen and oxygen atoms in total. The molecule has 53 heavy (non-hydrogen) atoms. The maximum atomic E-state index is 11.5. The van der Waals surface area contributed by atoms with Gasteiger partial charge >= 0.3 is 5.97 Å². The van der Waals surface area contributed by atoms with Crippen LogP contribution in [0.2, 0.25) is 20.1 Å². The zero-order valence-electron chi connectivity index (χ0n) is 31.2. The molecule has 0 saturated carbocycles. The lowest BCUT2D eigenvalue weighted by Gasteiger charge is -2.25. The Balaban J connectivity index is 1.78. The van der Waals surface area contributed by atoms with Crippen LogP contribution in [0.25, 0.3) is 17.1 Å². The predicted octanol–water partition coefficient (Wildman–Crippen LogP) is 10.8. The highest BCUT2D eigenvalue weighted by molar-refractivity contribution is 6.43. The van der Waals surface area contributed by atoms with Gasteiger partial charge in [-0.3, -0.25) is 4.79 Å². The standard InChI is InChI=1S/C41H54Cl4N4O4/c1-3-5-7-9-11-13-22-46-34-26-30(42)32(44)28-36(34)48(24-16-20-40(50)51)38(46)18-15-19-39-47(23-14-12-10-8-6-4-2)35-27-31(43)33(45)29-37(35)49(39)25-17-21-41(52)53/h15,18-19,26-29H,3-14,16-17,20-25H2,1-2H3,(H-,50,51,52,53). The van der Waals surface area contributed by atoms with E-state index in [1.807, 2.05) is 30.3 Å². The van der Waals surface area contributed by atoms with Gasteiger partial charge in [0.2, 0.25) is 0 Å². The number of unbranched alkanes of at least 4 members (excludes halogenated alkanes) is 10. The molecule has 0 spiro atoms. The number of rotatable bonds is 24. The Morgan fingerprint density at radius 2 is 1.23 bits per heavy atom. The fourth-order valence-electron chi connectivity index (χ4n) is 7.09. The molecule has 0 aliphatic carbocycles. The molecule has 3 aromatic rings. The summed E-state index contributed by atoms with van der Waals surface area (Å²) in [6.45, 7) is 6.90. The number of benzene rings is 2.